The number of aliphatic hydroxyl groups excluding tert-OH is 1. The molecule has 0 unspecified atom stereocenters. The molecule has 610 valence electrons. The summed E-state index contributed by atoms with van der Waals surface area (Å²) in [7, 11) is 7.73. The zero-order valence-electron chi connectivity index (χ0n) is 66.1. The van der Waals surface area contributed by atoms with Crippen LogP contribution in [-0.4, -0.2) is 216 Å². The number of methoxy groups -OCH3 is 1. The minimum Gasteiger partial charge on any atom is -0.497 e. The zero-order valence-corrected chi connectivity index (χ0v) is 66.1. The van der Waals surface area contributed by atoms with Gasteiger partial charge in [0.2, 0.25) is 59.1 Å². The molecule has 10 atom stereocenters. The standard InChI is InChI=1S/C84H111FN12O16/c1-52-77(104)90-66(27-24-63(99)18-10-8-12-38-97(4,5)6)78(105)91-67-43-56-16-14-17-57(40-56)47-87-74(103)51-113-71-32-37-95-76(71)80(107)93-75(53(2)98)79(106)92-68(42-54-20-25-64(111-7)26-21-54)82(109)96-36-15-33-84(96,3)83(110)86-34-31-55-19-22-58(48-88-72(101)29-30-73(102)89-52)61(41-55)50-112-39-13-9-11-35-94-49-60(44-59(81(95)108)45-70(67)100)65-46-62(85)23-28-69(65)94/h14,16-17,19-23,25-26,28,40-41,46,49,52-53,59,66-68,71,75-76,98H,8-13,15,18,24,27,29-39,42-45,47-48,50-51H2,1-7H3,(H7-,86,87,88,89,90,91,92,93,101,102,103,104,105,106,107,110)/p+1/t52-,53+,59+,66+,67-,68-,71-,75-,76-,84-/m0/s1. The predicted octanol–water partition coefficient (Wildman–Crippen LogP) is 4.30. The topological polar surface area (TPSA) is 360 Å². The number of amides is 10. The fourth-order valence-corrected chi connectivity index (χ4v) is 15.7. The van der Waals surface area contributed by atoms with Gasteiger partial charge in [-0.25, -0.2) is 4.39 Å². The van der Waals surface area contributed by atoms with Gasteiger partial charge in [0.1, 0.15) is 59.7 Å². The Bertz CT molecular complexity index is 4270. The van der Waals surface area contributed by atoms with Gasteiger partial charge >= 0.3 is 0 Å². The number of quaternary nitrogens is 1. The summed E-state index contributed by atoms with van der Waals surface area (Å²) in [6, 6.07) is 14.4. The normalized spacial score (nSPS) is 24.9. The molecule has 2 fully saturated rings. The summed E-state index contributed by atoms with van der Waals surface area (Å²) < 4.78 is 36.6. The van der Waals surface area contributed by atoms with Gasteiger partial charge < -0.3 is 80.7 Å². The Hall–Kier alpha value is -9.97. The van der Waals surface area contributed by atoms with E-state index in [2.05, 4.69) is 63.7 Å². The largest absolute Gasteiger partial charge is 0.497 e. The molecule has 11 bridgehead atoms. The molecule has 29 heteroatoms. The number of rotatable bonds is 13. The SMILES string of the molecule is COc1ccc(C[C@@H]2NC(=O)[C@H]([C@@H](C)O)NC(=O)[C@@H]3[C@@H]4CCN3C(=O)[C@H]3CC(=O)[C@H](Cc5cccc(c5)CNC(=O)CO4)NC(=O)[C@@H](CCC(=O)CCCCC[N+](C)(C)C)NC(=O)[C@H](C)NC(=O)CCC(=O)NCc4ccc(cc4COCCCCCn4cc(c5cc(F)ccc54)C3)CCNC(=O)[C@]3(C)CCCN3C2=O)cc1. The highest BCUT2D eigenvalue weighted by Gasteiger charge is 2.50. The number of aromatic nitrogens is 1. The second kappa shape index (κ2) is 39.7. The van der Waals surface area contributed by atoms with Crippen LogP contribution in [0.1, 0.15) is 156 Å². The van der Waals surface area contributed by atoms with Crippen LogP contribution in [0.4, 0.5) is 4.39 Å². The first-order chi connectivity index (χ1) is 54.0. The average Bonchev–Trinajstić information content (AvgIpc) is 1.77. The lowest BCUT2D eigenvalue weighted by Gasteiger charge is -2.37. The van der Waals surface area contributed by atoms with Crippen molar-refractivity contribution in [2.75, 3.05) is 67.6 Å². The van der Waals surface area contributed by atoms with Crippen molar-refractivity contribution >= 4 is 81.5 Å². The van der Waals surface area contributed by atoms with Crippen molar-refractivity contribution in [1.29, 1.82) is 0 Å². The van der Waals surface area contributed by atoms with Crippen LogP contribution >= 0.6 is 0 Å². The molecule has 5 aliphatic heterocycles. The molecule has 28 nitrogen and oxygen atoms in total. The number of nitrogens with one attached hydrogen (secondary N) is 8. The Morgan fingerprint density at radius 2 is 1.43 bits per heavy atom. The van der Waals surface area contributed by atoms with Crippen LogP contribution in [0.15, 0.2) is 91.1 Å². The van der Waals surface area contributed by atoms with Gasteiger partial charge in [-0.15, -0.1) is 0 Å². The van der Waals surface area contributed by atoms with Gasteiger partial charge in [-0.3, -0.25) is 57.5 Å². The first-order valence-electron chi connectivity index (χ1n) is 39.8. The highest BCUT2D eigenvalue weighted by Crippen LogP contribution is 2.34. The minimum absolute atomic E-state index is 0.0479. The maximum Gasteiger partial charge on any atom is 0.246 e. The molecule has 2 saturated heterocycles. The Kier molecular flexibility index (Phi) is 30.0. The summed E-state index contributed by atoms with van der Waals surface area (Å²) in [4.78, 5) is 181. The first-order valence-corrected chi connectivity index (χ1v) is 39.8. The molecular formula is C84H112FN12O16+. The third-order valence-electron chi connectivity index (χ3n) is 22.2. The number of hydrogen-bond acceptors (Lipinski definition) is 16. The van der Waals surface area contributed by atoms with Crippen LogP contribution < -0.4 is 47.3 Å². The van der Waals surface area contributed by atoms with Crippen LogP contribution in [0.2, 0.25) is 0 Å². The highest BCUT2D eigenvalue weighted by atomic mass is 19.1. The Morgan fingerprint density at radius 3 is 2.20 bits per heavy atom. The number of Topliss-reactive ketones (excluding diaryl/α,β-unsaturated/α-hetero) is 2. The van der Waals surface area contributed by atoms with Crippen molar-refractivity contribution in [1.82, 2.24) is 56.9 Å². The number of aliphatic hydroxyl groups is 1. The molecule has 10 rings (SSSR count). The molecule has 10 amide bonds. The second-order valence-corrected chi connectivity index (χ2v) is 32.0. The monoisotopic (exact) mass is 1560 g/mol. The lowest BCUT2D eigenvalue weighted by Crippen LogP contribution is -2.63. The molecule has 0 radical (unpaired) electrons. The fourth-order valence-electron chi connectivity index (χ4n) is 15.7. The van der Waals surface area contributed by atoms with Crippen molar-refractivity contribution < 1.29 is 85.7 Å². The summed E-state index contributed by atoms with van der Waals surface area (Å²) in [6.07, 6.45) is 1.84. The van der Waals surface area contributed by atoms with Gasteiger partial charge in [0.25, 0.3) is 0 Å². The molecule has 0 spiro atoms. The number of ketones is 2. The number of unbranched alkanes of at least 4 members (excludes halogenated alkanes) is 2. The van der Waals surface area contributed by atoms with Crippen LogP contribution in [0.25, 0.3) is 10.9 Å². The highest BCUT2D eigenvalue weighted by molar-refractivity contribution is 6.00. The van der Waals surface area contributed by atoms with E-state index in [1.54, 1.807) is 67.7 Å². The lowest BCUT2D eigenvalue weighted by molar-refractivity contribution is -0.870. The summed E-state index contributed by atoms with van der Waals surface area (Å²) in [6.45, 7) is 5.49. The van der Waals surface area contributed by atoms with Crippen molar-refractivity contribution in [3.8, 4) is 5.75 Å². The molecular weight excluding hydrogens is 1450 g/mol. The van der Waals surface area contributed by atoms with Crippen LogP contribution in [0.5, 0.6) is 5.75 Å². The zero-order chi connectivity index (χ0) is 81.1. The number of aryl methyl sites for hydroxylation is 1. The van der Waals surface area contributed by atoms with E-state index in [9.17, 15) is 33.9 Å². The quantitative estimate of drug-likeness (QED) is 0.0586. The number of hydrogen-bond donors (Lipinski definition) is 9. The van der Waals surface area contributed by atoms with Crippen LogP contribution in [0.3, 0.4) is 0 Å². The summed E-state index contributed by atoms with van der Waals surface area (Å²) in [5, 5.41) is 34.7. The first kappa shape index (κ1) is 85.5. The van der Waals surface area contributed by atoms with Gasteiger partial charge in [0.05, 0.1) is 59.7 Å². The van der Waals surface area contributed by atoms with Crippen molar-refractivity contribution in [2.45, 2.75) is 223 Å². The average molecular weight is 1560 g/mol. The van der Waals surface area contributed by atoms with E-state index in [4.69, 9.17) is 14.2 Å². The number of fused-ring (bicyclic) bond motifs is 13. The molecule has 0 aliphatic carbocycles. The third-order valence-corrected chi connectivity index (χ3v) is 22.2. The van der Waals surface area contributed by atoms with E-state index in [1.807, 2.05) is 22.8 Å². The molecule has 4 aromatic carbocycles. The fraction of sp³-hybridized carbons (Fsp3) is 0.548. The number of nitrogens with zero attached hydrogens (tertiary/aromatic N) is 4. The number of carbonyl (C=O) groups is 12. The van der Waals surface area contributed by atoms with Crippen molar-refractivity contribution in [2.24, 2.45) is 5.92 Å². The molecule has 0 saturated carbocycles. The van der Waals surface area contributed by atoms with Crippen LogP contribution in [0, 0.1) is 11.7 Å². The van der Waals surface area contributed by atoms with E-state index in [1.165, 1.54) is 42.9 Å². The molecule has 9 N–H and O–H groups in total. The number of benzene rings is 4. The number of carbonyl (C=O) groups excluding carboxylic acids is 12. The third kappa shape index (κ3) is 23.6. The summed E-state index contributed by atoms with van der Waals surface area (Å²) in [5.74, 6) is -9.76. The van der Waals surface area contributed by atoms with Gasteiger partial charge in [-0.1, -0.05) is 54.6 Å². The smallest absolute Gasteiger partial charge is 0.246 e. The van der Waals surface area contributed by atoms with Crippen LogP contribution in [-0.2, 0) is 119 Å². The van der Waals surface area contributed by atoms with Gasteiger partial charge in [0, 0.05) is 107 Å². The van der Waals surface area contributed by atoms with Gasteiger partial charge in [0.15, 0.2) is 5.78 Å². The van der Waals surface area contributed by atoms with E-state index in [0.717, 1.165) is 35.0 Å². The van der Waals surface area contributed by atoms with E-state index in [0.29, 0.717) is 96.1 Å². The Morgan fingerprint density at radius 1 is 0.673 bits per heavy atom. The molecule has 1 aromatic heterocycles. The maximum atomic E-state index is 16.3. The Labute approximate surface area is 659 Å². The van der Waals surface area contributed by atoms with Gasteiger partial charge in [-0.2, -0.15) is 0 Å². The molecule has 113 heavy (non-hydrogen) atoms. The minimum atomic E-state index is -1.84. The van der Waals surface area contributed by atoms with E-state index < -0.39 is 144 Å². The lowest BCUT2D eigenvalue weighted by atomic mass is 9.88. The van der Waals surface area contributed by atoms with Crippen molar-refractivity contribution in [3.63, 3.8) is 0 Å². The Balaban J connectivity index is 1.08. The molecule has 5 aromatic rings. The summed E-state index contributed by atoms with van der Waals surface area (Å²) in [5.41, 5.74) is 3.55. The van der Waals surface area contributed by atoms with Crippen molar-refractivity contribution in [3.05, 3.63) is 136 Å². The summed E-state index contributed by atoms with van der Waals surface area (Å²) >= 11 is 0. The number of halogens is 1. The second-order valence-electron chi connectivity index (χ2n) is 32.0. The maximum absolute atomic E-state index is 16.3. The van der Waals surface area contributed by atoms with E-state index in [-0.39, 0.29) is 109 Å². The number of ether oxygens (including phenoxy) is 3. The molecule has 6 heterocycles. The van der Waals surface area contributed by atoms with E-state index >= 15 is 33.2 Å². The van der Waals surface area contributed by atoms with Gasteiger partial charge in [-0.05, 0) is 174 Å². The molecule has 5 aliphatic rings. The predicted molar refractivity (Wildman–Crippen MR) is 417 cm³/mol.